The zero-order chi connectivity index (χ0) is 12.7. The van der Waals surface area contributed by atoms with Crippen molar-refractivity contribution in [3.8, 4) is 0 Å². The van der Waals surface area contributed by atoms with Crippen LogP contribution in [0.15, 0.2) is 0 Å². The Kier molecular flexibility index (Phi) is 3.28. The summed E-state index contributed by atoms with van der Waals surface area (Å²) in [5.74, 6) is 2.73. The maximum Gasteiger partial charge on any atom is 0.198 e. The highest BCUT2D eigenvalue weighted by molar-refractivity contribution is 7.71. The molecule has 3 rings (SSSR count). The first-order valence-electron chi connectivity index (χ1n) is 7.01. The average Bonchev–Trinajstić information content (AvgIpc) is 3.15. The molecule has 0 radical (unpaired) electrons. The van der Waals surface area contributed by atoms with E-state index in [-0.39, 0.29) is 0 Å². The second-order valence-electron chi connectivity index (χ2n) is 5.92. The lowest BCUT2D eigenvalue weighted by molar-refractivity contribution is 0.145. The van der Waals surface area contributed by atoms with Crippen LogP contribution in [-0.4, -0.2) is 32.3 Å². The van der Waals surface area contributed by atoms with Gasteiger partial charge in [0.15, 0.2) is 4.77 Å². The third kappa shape index (κ3) is 2.38. The van der Waals surface area contributed by atoms with Crippen molar-refractivity contribution in [2.45, 2.75) is 45.2 Å². The van der Waals surface area contributed by atoms with Crippen LogP contribution in [0.25, 0.3) is 0 Å². The quantitative estimate of drug-likeness (QED) is 0.786. The van der Waals surface area contributed by atoms with Crippen molar-refractivity contribution in [3.63, 3.8) is 0 Å². The topological polar surface area (TPSA) is 26.0 Å². The Morgan fingerprint density at radius 2 is 1.89 bits per heavy atom. The molecule has 0 unspecified atom stereocenters. The number of rotatable bonds is 3. The molecule has 100 valence electrons. The van der Waals surface area contributed by atoms with Gasteiger partial charge in [-0.15, -0.1) is 0 Å². The molecule has 1 aliphatic heterocycles. The molecule has 1 saturated heterocycles. The van der Waals surface area contributed by atoms with Gasteiger partial charge >= 0.3 is 0 Å². The van der Waals surface area contributed by atoms with Crippen LogP contribution < -0.4 is 0 Å². The van der Waals surface area contributed by atoms with Crippen molar-refractivity contribution in [2.75, 3.05) is 13.1 Å². The summed E-state index contributed by atoms with van der Waals surface area (Å²) < 4.78 is 4.98. The first-order valence-corrected chi connectivity index (χ1v) is 7.42. The molecule has 0 spiro atoms. The number of hydrogen-bond donors (Lipinski definition) is 0. The van der Waals surface area contributed by atoms with E-state index in [4.69, 9.17) is 17.3 Å². The Morgan fingerprint density at radius 3 is 2.50 bits per heavy atom. The molecule has 0 atom stereocenters. The summed E-state index contributed by atoms with van der Waals surface area (Å²) in [5, 5.41) is 4.72. The standard InChI is InChI=1S/C13H22N4S/c1-10-5-7-16(8-6-10)9-17-13(18)15(2)12(14-17)11-3-4-11/h10-11H,3-9H2,1-2H3. The Bertz CT molecular complexity index is 478. The number of nitrogens with zero attached hydrogens (tertiary/aromatic N) is 4. The maximum atomic E-state index is 5.49. The van der Waals surface area contributed by atoms with E-state index in [0.29, 0.717) is 5.92 Å². The fourth-order valence-corrected chi connectivity index (χ4v) is 2.88. The molecule has 2 heterocycles. The van der Waals surface area contributed by atoms with Crippen molar-refractivity contribution in [2.24, 2.45) is 13.0 Å². The van der Waals surface area contributed by atoms with Gasteiger partial charge in [0, 0.05) is 26.1 Å². The fourth-order valence-electron chi connectivity index (χ4n) is 2.69. The van der Waals surface area contributed by atoms with E-state index in [2.05, 4.69) is 23.4 Å². The van der Waals surface area contributed by atoms with Crippen molar-refractivity contribution in [3.05, 3.63) is 10.6 Å². The van der Waals surface area contributed by atoms with E-state index >= 15 is 0 Å². The summed E-state index contributed by atoms with van der Waals surface area (Å²) in [6, 6.07) is 0. The van der Waals surface area contributed by atoms with Crippen LogP contribution >= 0.6 is 12.2 Å². The molecule has 18 heavy (non-hydrogen) atoms. The summed E-state index contributed by atoms with van der Waals surface area (Å²) >= 11 is 5.49. The normalized spacial score (nSPS) is 22.6. The van der Waals surface area contributed by atoms with Crippen LogP contribution in [0, 0.1) is 10.7 Å². The monoisotopic (exact) mass is 266 g/mol. The fraction of sp³-hybridized carbons (Fsp3) is 0.846. The van der Waals surface area contributed by atoms with Crippen LogP contribution in [-0.2, 0) is 13.7 Å². The maximum absolute atomic E-state index is 5.49. The Hall–Kier alpha value is -0.680. The number of piperidine rings is 1. The minimum Gasteiger partial charge on any atom is -0.307 e. The van der Waals surface area contributed by atoms with Gasteiger partial charge in [0.25, 0.3) is 0 Å². The SMILES string of the molecule is CC1CCN(Cn2nc(C3CC3)n(C)c2=S)CC1. The third-order valence-corrected chi connectivity index (χ3v) is 4.71. The van der Waals surface area contributed by atoms with Gasteiger partial charge in [-0.2, -0.15) is 5.10 Å². The first-order chi connectivity index (χ1) is 8.65. The molecule has 5 heteroatoms. The van der Waals surface area contributed by atoms with E-state index in [1.165, 1.54) is 44.6 Å². The van der Waals surface area contributed by atoms with E-state index < -0.39 is 0 Å². The molecule has 2 aliphatic rings. The van der Waals surface area contributed by atoms with Crippen molar-refractivity contribution < 1.29 is 0 Å². The second kappa shape index (κ2) is 4.78. The minimum absolute atomic E-state index is 0.666. The largest absolute Gasteiger partial charge is 0.307 e. The van der Waals surface area contributed by atoms with Crippen LogP contribution in [0.2, 0.25) is 0 Å². The smallest absolute Gasteiger partial charge is 0.198 e. The summed E-state index contributed by atoms with van der Waals surface area (Å²) in [4.78, 5) is 2.47. The molecule has 0 amide bonds. The van der Waals surface area contributed by atoms with Gasteiger partial charge in [-0.1, -0.05) is 6.92 Å². The molecule has 0 N–H and O–H groups in total. The molecular formula is C13H22N4S. The molecule has 4 nitrogen and oxygen atoms in total. The number of likely N-dealkylation sites (tertiary alicyclic amines) is 1. The van der Waals surface area contributed by atoms with Crippen LogP contribution in [0.3, 0.4) is 0 Å². The highest BCUT2D eigenvalue weighted by Crippen LogP contribution is 2.38. The molecular weight excluding hydrogens is 244 g/mol. The Morgan fingerprint density at radius 1 is 1.22 bits per heavy atom. The zero-order valence-electron chi connectivity index (χ0n) is 11.3. The Labute approximate surface area is 114 Å². The molecule has 0 aromatic carbocycles. The summed E-state index contributed by atoms with van der Waals surface area (Å²) in [6.07, 6.45) is 5.16. The number of hydrogen-bond acceptors (Lipinski definition) is 3. The molecule has 0 bridgehead atoms. The Balaban J connectivity index is 1.72. The second-order valence-corrected chi connectivity index (χ2v) is 6.28. The molecule has 1 aliphatic carbocycles. The summed E-state index contributed by atoms with van der Waals surface area (Å²) in [7, 11) is 2.05. The highest BCUT2D eigenvalue weighted by atomic mass is 32.1. The van der Waals surface area contributed by atoms with E-state index in [9.17, 15) is 0 Å². The molecule has 1 aromatic rings. The predicted octanol–water partition coefficient (Wildman–Crippen LogP) is 2.52. The predicted molar refractivity (Wildman–Crippen MR) is 74.0 cm³/mol. The van der Waals surface area contributed by atoms with Gasteiger partial charge < -0.3 is 4.57 Å². The van der Waals surface area contributed by atoms with Crippen LogP contribution in [0.5, 0.6) is 0 Å². The first kappa shape index (κ1) is 12.4. The molecule has 1 aromatic heterocycles. The summed E-state index contributed by atoms with van der Waals surface area (Å²) in [5.41, 5.74) is 0. The highest BCUT2D eigenvalue weighted by Gasteiger charge is 2.29. The van der Waals surface area contributed by atoms with E-state index in [0.717, 1.165) is 17.4 Å². The van der Waals surface area contributed by atoms with Crippen LogP contribution in [0.4, 0.5) is 0 Å². The van der Waals surface area contributed by atoms with Crippen molar-refractivity contribution in [1.29, 1.82) is 0 Å². The van der Waals surface area contributed by atoms with Gasteiger partial charge in [-0.05, 0) is 43.8 Å². The average molecular weight is 266 g/mol. The lowest BCUT2D eigenvalue weighted by Crippen LogP contribution is -2.34. The third-order valence-electron chi connectivity index (χ3n) is 4.23. The summed E-state index contributed by atoms with van der Waals surface area (Å²) in [6.45, 7) is 5.57. The van der Waals surface area contributed by atoms with Crippen molar-refractivity contribution >= 4 is 12.2 Å². The van der Waals surface area contributed by atoms with Crippen molar-refractivity contribution in [1.82, 2.24) is 19.2 Å². The van der Waals surface area contributed by atoms with Gasteiger partial charge in [0.05, 0.1) is 6.67 Å². The van der Waals surface area contributed by atoms with Gasteiger partial charge in [0.1, 0.15) is 5.82 Å². The minimum atomic E-state index is 0.666. The van der Waals surface area contributed by atoms with Gasteiger partial charge in [-0.25, -0.2) is 4.68 Å². The zero-order valence-corrected chi connectivity index (χ0v) is 12.1. The van der Waals surface area contributed by atoms with E-state index in [1.807, 2.05) is 4.68 Å². The van der Waals surface area contributed by atoms with Gasteiger partial charge in [-0.3, -0.25) is 4.90 Å². The molecule has 2 fully saturated rings. The van der Waals surface area contributed by atoms with Crippen LogP contribution in [0.1, 0.15) is 44.3 Å². The lowest BCUT2D eigenvalue weighted by Gasteiger charge is -2.29. The van der Waals surface area contributed by atoms with E-state index in [1.54, 1.807) is 0 Å². The number of aromatic nitrogens is 3. The lowest BCUT2D eigenvalue weighted by atomic mass is 10.00. The van der Waals surface area contributed by atoms with Gasteiger partial charge in [0.2, 0.25) is 0 Å². The molecule has 1 saturated carbocycles.